The summed E-state index contributed by atoms with van der Waals surface area (Å²) in [6.07, 6.45) is 1.76. The van der Waals surface area contributed by atoms with Crippen molar-refractivity contribution in [2.45, 2.75) is 12.8 Å². The molecule has 0 fully saturated rings. The van der Waals surface area contributed by atoms with Crippen LogP contribution in [0.2, 0.25) is 0 Å². The fraction of sp³-hybridized carbons (Fsp3) is 0.333. The Morgan fingerprint density at radius 3 is 2.68 bits per heavy atom. The molecule has 4 heteroatoms. The summed E-state index contributed by atoms with van der Waals surface area (Å²) in [7, 11) is 1.66. The van der Waals surface area contributed by atoms with Crippen LogP contribution in [-0.2, 0) is 12.8 Å². The van der Waals surface area contributed by atoms with Gasteiger partial charge >= 0.3 is 0 Å². The molecule has 0 spiro atoms. The van der Waals surface area contributed by atoms with Crippen LogP contribution in [0.1, 0.15) is 11.1 Å². The van der Waals surface area contributed by atoms with E-state index in [1.165, 1.54) is 11.1 Å². The molecule has 0 saturated heterocycles. The number of ether oxygens (including phenoxy) is 2. The van der Waals surface area contributed by atoms with Crippen molar-refractivity contribution >= 4 is 11.3 Å². The van der Waals surface area contributed by atoms with E-state index < -0.39 is 0 Å². The molecule has 0 radical (unpaired) electrons. The average Bonchev–Trinajstić information content (AvgIpc) is 2.93. The molecule has 0 bridgehead atoms. The fourth-order valence-electron chi connectivity index (χ4n) is 1.87. The highest BCUT2D eigenvalue weighted by molar-refractivity contribution is 7.07. The summed E-state index contributed by atoms with van der Waals surface area (Å²) in [5.41, 5.74) is 8.06. The van der Waals surface area contributed by atoms with Gasteiger partial charge in [-0.2, -0.15) is 11.3 Å². The maximum atomic E-state index is 5.83. The maximum absolute atomic E-state index is 5.83. The molecule has 0 amide bonds. The second kappa shape index (κ2) is 7.16. The van der Waals surface area contributed by atoms with Gasteiger partial charge in [-0.15, -0.1) is 0 Å². The van der Waals surface area contributed by atoms with Crippen molar-refractivity contribution in [3.05, 3.63) is 46.2 Å². The van der Waals surface area contributed by atoms with Crippen LogP contribution in [0.15, 0.2) is 35.0 Å². The van der Waals surface area contributed by atoms with Crippen molar-refractivity contribution in [3.63, 3.8) is 0 Å². The van der Waals surface area contributed by atoms with Gasteiger partial charge in [0.15, 0.2) is 11.5 Å². The zero-order valence-electron chi connectivity index (χ0n) is 11.1. The number of methoxy groups -OCH3 is 1. The van der Waals surface area contributed by atoms with Gasteiger partial charge in [-0.25, -0.2) is 0 Å². The van der Waals surface area contributed by atoms with Crippen molar-refractivity contribution in [1.82, 2.24) is 0 Å². The summed E-state index contributed by atoms with van der Waals surface area (Å²) in [4.78, 5) is 0. The number of hydrogen-bond donors (Lipinski definition) is 1. The smallest absolute Gasteiger partial charge is 0.161 e. The minimum atomic E-state index is 0.640. The molecule has 2 N–H and O–H groups in total. The molecular weight excluding hydrogens is 258 g/mol. The number of thiophene rings is 1. The molecule has 0 saturated carbocycles. The molecule has 2 aromatic rings. The van der Waals surface area contributed by atoms with E-state index in [2.05, 4.69) is 16.8 Å². The first-order valence-electron chi connectivity index (χ1n) is 6.34. The van der Waals surface area contributed by atoms with Crippen LogP contribution in [-0.4, -0.2) is 20.3 Å². The van der Waals surface area contributed by atoms with E-state index >= 15 is 0 Å². The first-order valence-corrected chi connectivity index (χ1v) is 7.28. The molecule has 0 aliphatic heterocycles. The second-order valence-corrected chi connectivity index (χ2v) is 5.03. The monoisotopic (exact) mass is 277 g/mol. The maximum Gasteiger partial charge on any atom is 0.161 e. The van der Waals surface area contributed by atoms with Gasteiger partial charge in [-0.1, -0.05) is 6.07 Å². The van der Waals surface area contributed by atoms with Gasteiger partial charge in [0.2, 0.25) is 0 Å². The molecule has 0 aliphatic carbocycles. The van der Waals surface area contributed by atoms with Crippen molar-refractivity contribution in [2.24, 2.45) is 5.73 Å². The van der Waals surface area contributed by atoms with Crippen LogP contribution >= 0.6 is 11.3 Å². The van der Waals surface area contributed by atoms with Crippen LogP contribution in [0.4, 0.5) is 0 Å². The number of rotatable bonds is 7. The number of benzene rings is 1. The second-order valence-electron chi connectivity index (χ2n) is 4.25. The molecule has 0 atom stereocenters. The molecule has 0 aliphatic rings. The minimum Gasteiger partial charge on any atom is -0.493 e. The van der Waals surface area contributed by atoms with E-state index in [4.69, 9.17) is 15.2 Å². The van der Waals surface area contributed by atoms with Gasteiger partial charge in [0.25, 0.3) is 0 Å². The Morgan fingerprint density at radius 2 is 2.00 bits per heavy atom. The third-order valence-electron chi connectivity index (χ3n) is 2.89. The van der Waals surface area contributed by atoms with E-state index in [0.29, 0.717) is 13.2 Å². The summed E-state index contributed by atoms with van der Waals surface area (Å²) in [6.45, 7) is 1.29. The quantitative estimate of drug-likeness (QED) is 0.846. The van der Waals surface area contributed by atoms with E-state index in [-0.39, 0.29) is 0 Å². The van der Waals surface area contributed by atoms with Gasteiger partial charge in [0.05, 0.1) is 13.7 Å². The van der Waals surface area contributed by atoms with Crippen LogP contribution in [0.3, 0.4) is 0 Å². The highest BCUT2D eigenvalue weighted by Gasteiger charge is 2.06. The fourth-order valence-corrected chi connectivity index (χ4v) is 2.57. The van der Waals surface area contributed by atoms with Gasteiger partial charge < -0.3 is 15.2 Å². The Kier molecular flexibility index (Phi) is 5.24. The average molecular weight is 277 g/mol. The normalized spacial score (nSPS) is 10.4. The SMILES string of the molecule is COc1ccc(CCN)cc1OCCc1ccsc1. The molecule has 0 unspecified atom stereocenters. The molecule has 1 heterocycles. The van der Waals surface area contributed by atoms with Crippen LogP contribution in [0, 0.1) is 0 Å². The summed E-state index contributed by atoms with van der Waals surface area (Å²) < 4.78 is 11.1. The van der Waals surface area contributed by atoms with Gasteiger partial charge in [0, 0.05) is 6.42 Å². The lowest BCUT2D eigenvalue weighted by Gasteiger charge is -2.12. The number of hydrogen-bond acceptors (Lipinski definition) is 4. The summed E-state index contributed by atoms with van der Waals surface area (Å²) in [6, 6.07) is 8.10. The molecule has 19 heavy (non-hydrogen) atoms. The van der Waals surface area contributed by atoms with Crippen molar-refractivity contribution in [1.29, 1.82) is 0 Å². The summed E-state index contributed by atoms with van der Waals surface area (Å²) >= 11 is 1.71. The molecular formula is C15H19NO2S. The lowest BCUT2D eigenvalue weighted by Crippen LogP contribution is -2.05. The largest absolute Gasteiger partial charge is 0.493 e. The topological polar surface area (TPSA) is 44.5 Å². The third-order valence-corrected chi connectivity index (χ3v) is 3.62. The van der Waals surface area contributed by atoms with Crippen molar-refractivity contribution < 1.29 is 9.47 Å². The first kappa shape index (κ1) is 13.9. The van der Waals surface area contributed by atoms with E-state index in [9.17, 15) is 0 Å². The van der Waals surface area contributed by atoms with Gasteiger partial charge in [-0.05, 0) is 53.1 Å². The Balaban J connectivity index is 1.98. The van der Waals surface area contributed by atoms with Gasteiger partial charge in [-0.3, -0.25) is 0 Å². The Hall–Kier alpha value is -1.52. The van der Waals surface area contributed by atoms with Crippen LogP contribution in [0.25, 0.3) is 0 Å². The Morgan fingerprint density at radius 1 is 1.11 bits per heavy atom. The van der Waals surface area contributed by atoms with E-state index in [1.807, 2.05) is 18.2 Å². The predicted octanol–water partition coefficient (Wildman–Crippen LogP) is 2.88. The first-order chi connectivity index (χ1) is 9.33. The van der Waals surface area contributed by atoms with Crippen LogP contribution < -0.4 is 15.2 Å². The highest BCUT2D eigenvalue weighted by atomic mass is 32.1. The standard InChI is InChI=1S/C15H19NO2S/c1-17-14-3-2-12(4-7-16)10-15(14)18-8-5-13-6-9-19-11-13/h2-3,6,9-11H,4-5,7-8,16H2,1H3. The van der Waals surface area contributed by atoms with Crippen LogP contribution in [0.5, 0.6) is 11.5 Å². The van der Waals surface area contributed by atoms with Crippen molar-refractivity contribution in [2.75, 3.05) is 20.3 Å². The molecule has 1 aromatic carbocycles. The van der Waals surface area contributed by atoms with E-state index in [1.54, 1.807) is 18.4 Å². The molecule has 102 valence electrons. The zero-order chi connectivity index (χ0) is 13.5. The highest BCUT2D eigenvalue weighted by Crippen LogP contribution is 2.28. The lowest BCUT2D eigenvalue weighted by atomic mass is 10.1. The minimum absolute atomic E-state index is 0.640. The van der Waals surface area contributed by atoms with E-state index in [0.717, 1.165) is 24.3 Å². The number of nitrogens with two attached hydrogens (primary N) is 1. The molecule has 2 rings (SSSR count). The summed E-state index contributed by atoms with van der Waals surface area (Å²) in [5, 5.41) is 4.23. The van der Waals surface area contributed by atoms with Crippen molar-refractivity contribution in [3.8, 4) is 11.5 Å². The molecule has 1 aromatic heterocycles. The molecule has 3 nitrogen and oxygen atoms in total. The zero-order valence-corrected chi connectivity index (χ0v) is 11.9. The Labute approximate surface area is 118 Å². The lowest BCUT2D eigenvalue weighted by molar-refractivity contribution is 0.297. The predicted molar refractivity (Wildman–Crippen MR) is 79.3 cm³/mol. The van der Waals surface area contributed by atoms with Gasteiger partial charge in [0.1, 0.15) is 0 Å². The summed E-state index contributed by atoms with van der Waals surface area (Å²) in [5.74, 6) is 1.56. The Bertz CT molecular complexity index is 497. The third kappa shape index (κ3) is 3.98.